The third kappa shape index (κ3) is 6.26. The van der Waals surface area contributed by atoms with Crippen LogP contribution in [0.5, 0.6) is 0 Å². The molecule has 0 aliphatic heterocycles. The molecule has 0 bridgehead atoms. The molecule has 0 radical (unpaired) electrons. The van der Waals surface area contributed by atoms with E-state index in [4.69, 9.17) is 5.14 Å². The first kappa shape index (κ1) is 13.1. The highest BCUT2D eigenvalue weighted by Gasteiger charge is 2.01. The highest BCUT2D eigenvalue weighted by molar-refractivity contribution is 9.11. The van der Waals surface area contributed by atoms with E-state index in [0.29, 0.717) is 13.0 Å². The highest BCUT2D eigenvalue weighted by atomic mass is 79.9. The first-order valence-corrected chi connectivity index (χ1v) is 7.75. The largest absolute Gasteiger partial charge is 0.312 e. The molecule has 4 nitrogen and oxygen atoms in total. The van der Waals surface area contributed by atoms with E-state index in [9.17, 15) is 8.42 Å². The van der Waals surface area contributed by atoms with Gasteiger partial charge in [0.05, 0.1) is 9.54 Å². The lowest BCUT2D eigenvalue weighted by Gasteiger charge is -2.01. The number of hydrogen-bond acceptors (Lipinski definition) is 4. The molecule has 86 valence electrons. The number of sulfonamides is 1. The van der Waals surface area contributed by atoms with Crippen molar-refractivity contribution in [1.82, 2.24) is 5.32 Å². The summed E-state index contributed by atoms with van der Waals surface area (Å²) in [5.41, 5.74) is 0. The second kappa shape index (κ2) is 5.95. The maximum absolute atomic E-state index is 10.6. The number of hydrogen-bond donors (Lipinski definition) is 2. The van der Waals surface area contributed by atoms with E-state index < -0.39 is 10.0 Å². The lowest BCUT2D eigenvalue weighted by molar-refractivity contribution is 0.590. The van der Waals surface area contributed by atoms with E-state index in [-0.39, 0.29) is 5.75 Å². The van der Waals surface area contributed by atoms with Crippen LogP contribution in [0.15, 0.2) is 15.9 Å². The zero-order chi connectivity index (χ0) is 11.3. The molecule has 1 heterocycles. The zero-order valence-electron chi connectivity index (χ0n) is 8.07. The smallest absolute Gasteiger partial charge is 0.209 e. The molecule has 0 aliphatic carbocycles. The molecule has 3 N–H and O–H groups in total. The standard InChI is InChI=1S/C8H13BrN2O2S2/c9-8-3-2-7(14-8)6-11-4-1-5-15(10,12)13/h2-3,11H,1,4-6H2,(H2,10,12,13). The van der Waals surface area contributed by atoms with Crippen molar-refractivity contribution in [3.8, 4) is 0 Å². The van der Waals surface area contributed by atoms with Crippen molar-refractivity contribution in [2.45, 2.75) is 13.0 Å². The summed E-state index contributed by atoms with van der Waals surface area (Å²) in [5.74, 6) is 0.0358. The van der Waals surface area contributed by atoms with E-state index in [2.05, 4.69) is 21.2 Å². The molecule has 0 spiro atoms. The molecule has 0 aliphatic rings. The summed E-state index contributed by atoms with van der Waals surface area (Å²) in [4.78, 5) is 1.22. The van der Waals surface area contributed by atoms with Gasteiger partial charge in [-0.15, -0.1) is 11.3 Å². The van der Waals surface area contributed by atoms with E-state index in [0.717, 1.165) is 10.3 Å². The zero-order valence-corrected chi connectivity index (χ0v) is 11.3. The Hall–Kier alpha value is 0.0500. The van der Waals surface area contributed by atoms with Crippen LogP contribution in [0.1, 0.15) is 11.3 Å². The third-order valence-electron chi connectivity index (χ3n) is 1.71. The van der Waals surface area contributed by atoms with Crippen molar-refractivity contribution < 1.29 is 8.42 Å². The van der Waals surface area contributed by atoms with Gasteiger partial charge in [-0.2, -0.15) is 0 Å². The normalized spacial score (nSPS) is 11.9. The Labute approximate surface area is 102 Å². The van der Waals surface area contributed by atoms with Crippen LogP contribution in [-0.4, -0.2) is 20.7 Å². The Morgan fingerprint density at radius 2 is 2.20 bits per heavy atom. The van der Waals surface area contributed by atoms with Gasteiger partial charge in [0, 0.05) is 11.4 Å². The summed E-state index contributed by atoms with van der Waals surface area (Å²) in [5, 5.41) is 8.03. The van der Waals surface area contributed by atoms with Gasteiger partial charge >= 0.3 is 0 Å². The molecule has 1 aromatic heterocycles. The van der Waals surface area contributed by atoms with Gasteiger partial charge in [-0.1, -0.05) is 0 Å². The van der Waals surface area contributed by atoms with Crippen molar-refractivity contribution in [3.63, 3.8) is 0 Å². The second-order valence-corrected chi connectivity index (χ2v) is 7.38. The van der Waals surface area contributed by atoms with Crippen LogP contribution in [0.4, 0.5) is 0 Å². The van der Waals surface area contributed by atoms with Gasteiger partial charge < -0.3 is 5.32 Å². The quantitative estimate of drug-likeness (QED) is 0.777. The topological polar surface area (TPSA) is 72.2 Å². The Morgan fingerprint density at radius 1 is 1.47 bits per heavy atom. The summed E-state index contributed by atoms with van der Waals surface area (Å²) < 4.78 is 22.3. The predicted octanol–water partition coefficient (Wildman–Crippen LogP) is 1.28. The Kier molecular flexibility index (Phi) is 5.20. The number of rotatable bonds is 6. The average Bonchev–Trinajstić information content (AvgIpc) is 2.49. The molecule has 1 aromatic rings. The Morgan fingerprint density at radius 3 is 2.73 bits per heavy atom. The summed E-state index contributed by atoms with van der Waals surface area (Å²) in [6.07, 6.45) is 0.547. The van der Waals surface area contributed by atoms with Crippen LogP contribution >= 0.6 is 27.3 Å². The van der Waals surface area contributed by atoms with Crippen LogP contribution in [0.2, 0.25) is 0 Å². The molecule has 0 saturated carbocycles. The predicted molar refractivity (Wildman–Crippen MR) is 66.3 cm³/mol. The minimum absolute atomic E-state index is 0.0358. The fourth-order valence-electron chi connectivity index (χ4n) is 1.06. The summed E-state index contributed by atoms with van der Waals surface area (Å²) in [7, 11) is -3.31. The maximum atomic E-state index is 10.6. The number of thiophene rings is 1. The number of halogens is 1. The molecule has 0 saturated heterocycles. The van der Waals surface area contributed by atoms with Gasteiger partial charge in [0.1, 0.15) is 0 Å². The van der Waals surface area contributed by atoms with Gasteiger partial charge in [0.2, 0.25) is 10.0 Å². The van der Waals surface area contributed by atoms with Crippen LogP contribution in [0.3, 0.4) is 0 Å². The highest BCUT2D eigenvalue weighted by Crippen LogP contribution is 2.21. The van der Waals surface area contributed by atoms with Crippen LogP contribution in [-0.2, 0) is 16.6 Å². The van der Waals surface area contributed by atoms with E-state index >= 15 is 0 Å². The Bertz CT molecular complexity index is 403. The fourth-order valence-corrected chi connectivity index (χ4v) is 3.06. The van der Waals surface area contributed by atoms with E-state index in [1.165, 1.54) is 4.88 Å². The van der Waals surface area contributed by atoms with Crippen molar-refractivity contribution in [2.75, 3.05) is 12.3 Å². The first-order chi connectivity index (χ1) is 6.97. The fraction of sp³-hybridized carbons (Fsp3) is 0.500. The third-order valence-corrected chi connectivity index (χ3v) is 4.19. The van der Waals surface area contributed by atoms with Gasteiger partial charge in [-0.25, -0.2) is 13.6 Å². The summed E-state index contributed by atoms with van der Waals surface area (Å²) >= 11 is 5.04. The lowest BCUT2D eigenvalue weighted by Crippen LogP contribution is -2.21. The lowest BCUT2D eigenvalue weighted by atomic mass is 10.4. The molecular weight excluding hydrogens is 300 g/mol. The molecule has 0 unspecified atom stereocenters. The van der Waals surface area contributed by atoms with E-state index in [1.807, 2.05) is 12.1 Å². The van der Waals surface area contributed by atoms with Gasteiger partial charge in [0.15, 0.2) is 0 Å². The molecule has 15 heavy (non-hydrogen) atoms. The van der Waals surface area contributed by atoms with Gasteiger partial charge in [0.25, 0.3) is 0 Å². The molecule has 7 heteroatoms. The first-order valence-electron chi connectivity index (χ1n) is 4.43. The van der Waals surface area contributed by atoms with E-state index in [1.54, 1.807) is 11.3 Å². The molecule has 0 fully saturated rings. The minimum atomic E-state index is -3.31. The molecule has 1 rings (SSSR count). The minimum Gasteiger partial charge on any atom is -0.312 e. The maximum Gasteiger partial charge on any atom is 0.209 e. The molecular formula is C8H13BrN2O2S2. The van der Waals surface area contributed by atoms with Crippen molar-refractivity contribution in [2.24, 2.45) is 5.14 Å². The number of primary sulfonamides is 1. The second-order valence-electron chi connectivity index (χ2n) is 3.10. The SMILES string of the molecule is NS(=O)(=O)CCCNCc1ccc(Br)s1. The average molecular weight is 313 g/mol. The molecule has 0 atom stereocenters. The van der Waals surface area contributed by atoms with Crippen LogP contribution in [0, 0.1) is 0 Å². The van der Waals surface area contributed by atoms with Gasteiger partial charge in [-0.3, -0.25) is 0 Å². The molecule has 0 aromatic carbocycles. The van der Waals surface area contributed by atoms with Gasteiger partial charge in [-0.05, 0) is 41.0 Å². The summed E-state index contributed by atoms with van der Waals surface area (Å²) in [6, 6.07) is 4.02. The van der Waals surface area contributed by atoms with Crippen molar-refractivity contribution in [3.05, 3.63) is 20.8 Å². The van der Waals surface area contributed by atoms with Crippen LogP contribution < -0.4 is 10.5 Å². The molecule has 0 amide bonds. The number of nitrogens with two attached hydrogens (primary N) is 1. The number of nitrogens with one attached hydrogen (secondary N) is 1. The Balaban J connectivity index is 2.12. The summed E-state index contributed by atoms with van der Waals surface area (Å²) in [6.45, 7) is 1.42. The van der Waals surface area contributed by atoms with Crippen molar-refractivity contribution >= 4 is 37.3 Å². The van der Waals surface area contributed by atoms with Crippen molar-refractivity contribution in [1.29, 1.82) is 0 Å². The van der Waals surface area contributed by atoms with Crippen LogP contribution in [0.25, 0.3) is 0 Å². The monoisotopic (exact) mass is 312 g/mol.